The molecule has 7 heteroatoms. The Kier molecular flexibility index (Phi) is 4.53. The number of hydrogen-bond donors (Lipinski definition) is 0. The zero-order valence-electron chi connectivity index (χ0n) is 17.1. The van der Waals surface area contributed by atoms with Crippen LogP contribution in [0.2, 0.25) is 0 Å². The summed E-state index contributed by atoms with van der Waals surface area (Å²) in [4.78, 5) is 38.7. The van der Waals surface area contributed by atoms with E-state index in [2.05, 4.69) is 9.97 Å². The van der Waals surface area contributed by atoms with Crippen LogP contribution in [0, 0.1) is 12.3 Å². The smallest absolute Gasteiger partial charge is 0.231 e. The molecule has 2 amide bonds. The van der Waals surface area contributed by atoms with E-state index in [9.17, 15) is 9.59 Å². The normalized spacial score (nSPS) is 21.3. The lowest BCUT2D eigenvalue weighted by atomic mass is 9.85. The number of fused-ring (bicyclic) bond motifs is 1. The Bertz CT molecular complexity index is 1110. The van der Waals surface area contributed by atoms with E-state index in [-0.39, 0.29) is 11.8 Å². The van der Waals surface area contributed by atoms with Crippen LogP contribution in [0.1, 0.15) is 29.8 Å². The van der Waals surface area contributed by atoms with Crippen molar-refractivity contribution in [1.82, 2.24) is 24.2 Å². The zero-order valence-corrected chi connectivity index (χ0v) is 17.1. The van der Waals surface area contributed by atoms with Crippen molar-refractivity contribution in [3.8, 4) is 0 Å². The van der Waals surface area contributed by atoms with E-state index in [1.165, 1.54) is 0 Å². The first-order valence-electron chi connectivity index (χ1n) is 10.4. The Labute approximate surface area is 175 Å². The molecule has 3 aromatic heterocycles. The maximum atomic E-state index is 13.2. The maximum absolute atomic E-state index is 13.2. The molecule has 2 saturated heterocycles. The monoisotopic (exact) mass is 403 g/mol. The molecule has 2 fully saturated rings. The number of likely N-dealkylation sites (tertiary alicyclic amines) is 2. The molecule has 154 valence electrons. The number of carbonyl (C=O) groups is 2. The molecule has 5 heterocycles. The predicted octanol–water partition coefficient (Wildman–Crippen LogP) is 2.23. The molecule has 7 nitrogen and oxygen atoms in total. The second-order valence-electron chi connectivity index (χ2n) is 8.45. The molecule has 1 spiro atoms. The first-order chi connectivity index (χ1) is 14.6. The third-order valence-electron chi connectivity index (χ3n) is 6.53. The van der Waals surface area contributed by atoms with Gasteiger partial charge in [-0.05, 0) is 43.5 Å². The maximum Gasteiger partial charge on any atom is 0.231 e. The van der Waals surface area contributed by atoms with Crippen LogP contribution in [-0.2, 0) is 22.6 Å². The lowest BCUT2D eigenvalue weighted by Crippen LogP contribution is -2.38. The molecule has 1 atom stereocenters. The van der Waals surface area contributed by atoms with Crippen molar-refractivity contribution in [1.29, 1.82) is 0 Å². The first kappa shape index (κ1) is 18.8. The molecule has 0 aliphatic carbocycles. The van der Waals surface area contributed by atoms with Crippen molar-refractivity contribution in [2.75, 3.05) is 19.6 Å². The quantitative estimate of drug-likeness (QED) is 0.670. The number of pyridine rings is 2. The van der Waals surface area contributed by atoms with Gasteiger partial charge in [0.2, 0.25) is 11.8 Å². The van der Waals surface area contributed by atoms with Gasteiger partial charge in [-0.3, -0.25) is 14.6 Å². The number of carbonyl (C=O) groups excluding carboxylic acids is 2. The summed E-state index contributed by atoms with van der Waals surface area (Å²) in [6.07, 6.45) is 7.32. The number of rotatable bonds is 4. The highest BCUT2D eigenvalue weighted by Crippen LogP contribution is 2.41. The summed E-state index contributed by atoms with van der Waals surface area (Å²) in [5.41, 5.74) is 3.32. The third kappa shape index (κ3) is 3.14. The van der Waals surface area contributed by atoms with E-state index < -0.39 is 5.41 Å². The third-order valence-corrected chi connectivity index (χ3v) is 6.53. The average Bonchev–Trinajstić information content (AvgIpc) is 3.45. The summed E-state index contributed by atoms with van der Waals surface area (Å²) in [6.45, 7) is 4.43. The minimum absolute atomic E-state index is 0.0613. The molecule has 2 aliphatic heterocycles. The fourth-order valence-corrected chi connectivity index (χ4v) is 4.79. The zero-order chi connectivity index (χ0) is 20.7. The molecule has 0 radical (unpaired) electrons. The summed E-state index contributed by atoms with van der Waals surface area (Å²) in [5.74, 6) is 0.222. The molecular formula is C23H25N5O2. The van der Waals surface area contributed by atoms with Gasteiger partial charge in [0.05, 0.1) is 29.8 Å². The molecule has 5 rings (SSSR count). The van der Waals surface area contributed by atoms with E-state index in [0.717, 1.165) is 42.0 Å². The number of imidazole rings is 1. The van der Waals surface area contributed by atoms with E-state index in [4.69, 9.17) is 0 Å². The standard InChI is InChI=1S/C23H25N5O2/c1-17-5-4-10-28-19(14-25-21(17)28)13-20(29)27-12-8-23(16-27)7-11-26(22(23)30)15-18-6-2-3-9-24-18/h2-6,9-10,14H,7-8,11-13,15-16H2,1H3. The van der Waals surface area contributed by atoms with Crippen LogP contribution < -0.4 is 0 Å². The van der Waals surface area contributed by atoms with E-state index in [0.29, 0.717) is 26.1 Å². The van der Waals surface area contributed by atoms with E-state index >= 15 is 0 Å². The predicted molar refractivity (Wildman–Crippen MR) is 112 cm³/mol. The van der Waals surface area contributed by atoms with E-state index in [1.807, 2.05) is 57.7 Å². The van der Waals surface area contributed by atoms with Gasteiger partial charge in [0.1, 0.15) is 5.65 Å². The van der Waals surface area contributed by atoms with Gasteiger partial charge in [-0.15, -0.1) is 0 Å². The number of aryl methyl sites for hydroxylation is 1. The molecule has 0 saturated carbocycles. The minimum Gasteiger partial charge on any atom is -0.341 e. The molecule has 1 unspecified atom stereocenters. The van der Waals surface area contributed by atoms with Crippen LogP contribution >= 0.6 is 0 Å². The van der Waals surface area contributed by atoms with Crippen molar-refractivity contribution in [2.24, 2.45) is 5.41 Å². The second kappa shape index (κ2) is 7.23. The van der Waals surface area contributed by atoms with Crippen LogP contribution in [0.5, 0.6) is 0 Å². The van der Waals surface area contributed by atoms with Gasteiger partial charge >= 0.3 is 0 Å². The second-order valence-corrected chi connectivity index (χ2v) is 8.45. The Balaban J connectivity index is 1.26. The SMILES string of the molecule is Cc1cccn2c(CC(=O)N3CCC4(CCN(Cc5ccccn5)C4=O)C3)cnc12. The average molecular weight is 403 g/mol. The van der Waals surface area contributed by atoms with Crippen LogP contribution in [-0.4, -0.2) is 55.6 Å². The number of amides is 2. The molecule has 3 aromatic rings. The Morgan fingerprint density at radius 3 is 2.83 bits per heavy atom. The highest BCUT2D eigenvalue weighted by Gasteiger charge is 2.51. The van der Waals surface area contributed by atoms with Crippen LogP contribution in [0.4, 0.5) is 0 Å². The number of aromatic nitrogens is 3. The largest absolute Gasteiger partial charge is 0.341 e. The Morgan fingerprint density at radius 1 is 1.13 bits per heavy atom. The van der Waals surface area contributed by atoms with Crippen molar-refractivity contribution >= 4 is 17.5 Å². The summed E-state index contributed by atoms with van der Waals surface area (Å²) < 4.78 is 1.98. The fraction of sp³-hybridized carbons (Fsp3) is 0.391. The Morgan fingerprint density at radius 2 is 2.00 bits per heavy atom. The lowest BCUT2D eigenvalue weighted by Gasteiger charge is -2.23. The highest BCUT2D eigenvalue weighted by atomic mass is 16.2. The minimum atomic E-state index is -0.430. The first-order valence-corrected chi connectivity index (χ1v) is 10.4. The van der Waals surface area contributed by atoms with Gasteiger partial charge in [-0.1, -0.05) is 12.1 Å². The van der Waals surface area contributed by atoms with Crippen molar-refractivity contribution in [3.63, 3.8) is 0 Å². The van der Waals surface area contributed by atoms with E-state index in [1.54, 1.807) is 12.4 Å². The summed E-state index contributed by atoms with van der Waals surface area (Å²) >= 11 is 0. The van der Waals surface area contributed by atoms with Gasteiger partial charge in [0, 0.05) is 38.2 Å². The van der Waals surface area contributed by atoms with Gasteiger partial charge < -0.3 is 14.2 Å². The van der Waals surface area contributed by atoms with Gasteiger partial charge in [-0.2, -0.15) is 0 Å². The molecule has 2 aliphatic rings. The van der Waals surface area contributed by atoms with Crippen molar-refractivity contribution in [2.45, 2.75) is 32.7 Å². The molecular weight excluding hydrogens is 378 g/mol. The summed E-state index contributed by atoms with van der Waals surface area (Å²) in [5, 5.41) is 0. The topological polar surface area (TPSA) is 70.8 Å². The van der Waals surface area contributed by atoms with Crippen LogP contribution in [0.25, 0.3) is 5.65 Å². The van der Waals surface area contributed by atoms with Crippen molar-refractivity contribution < 1.29 is 9.59 Å². The molecule has 0 bridgehead atoms. The fourth-order valence-electron chi connectivity index (χ4n) is 4.79. The van der Waals surface area contributed by atoms with Crippen molar-refractivity contribution in [3.05, 3.63) is 65.9 Å². The Hall–Kier alpha value is -3.22. The molecule has 0 aromatic carbocycles. The van der Waals surface area contributed by atoms with Crippen LogP contribution in [0.15, 0.2) is 48.9 Å². The van der Waals surface area contributed by atoms with Gasteiger partial charge in [-0.25, -0.2) is 4.98 Å². The van der Waals surface area contributed by atoms with Gasteiger partial charge in [0.15, 0.2) is 0 Å². The van der Waals surface area contributed by atoms with Gasteiger partial charge in [0.25, 0.3) is 0 Å². The number of hydrogen-bond acceptors (Lipinski definition) is 4. The van der Waals surface area contributed by atoms with Crippen LogP contribution in [0.3, 0.4) is 0 Å². The summed E-state index contributed by atoms with van der Waals surface area (Å²) in [7, 11) is 0. The molecule has 0 N–H and O–H groups in total. The highest BCUT2D eigenvalue weighted by molar-refractivity contribution is 5.87. The molecule has 30 heavy (non-hydrogen) atoms. The lowest BCUT2D eigenvalue weighted by molar-refractivity contribution is -0.136. The number of nitrogens with zero attached hydrogens (tertiary/aromatic N) is 5. The summed E-state index contributed by atoms with van der Waals surface area (Å²) in [6, 6.07) is 9.75.